The van der Waals surface area contributed by atoms with Gasteiger partial charge >= 0.3 is 0 Å². The van der Waals surface area contributed by atoms with Gasteiger partial charge < -0.3 is 9.84 Å². The summed E-state index contributed by atoms with van der Waals surface area (Å²) < 4.78 is 5.36. The summed E-state index contributed by atoms with van der Waals surface area (Å²) in [7, 11) is 0. The van der Waals surface area contributed by atoms with Crippen LogP contribution in [0.1, 0.15) is 32.1 Å². The lowest BCUT2D eigenvalue weighted by molar-refractivity contribution is 0.207. The Labute approximate surface area is 105 Å². The average Bonchev–Trinajstić information content (AvgIpc) is 2.91. The summed E-state index contributed by atoms with van der Waals surface area (Å²) in [6.45, 7) is 3.07. The minimum absolute atomic E-state index is 0.224. The molecule has 0 saturated carbocycles. The first kappa shape index (κ1) is 11.3. The van der Waals surface area contributed by atoms with Crippen LogP contribution in [-0.2, 0) is 5.54 Å². The van der Waals surface area contributed by atoms with Crippen LogP contribution in [0, 0.1) is 0 Å². The van der Waals surface area contributed by atoms with Crippen LogP contribution in [0.15, 0.2) is 23.0 Å². The molecule has 0 aliphatic carbocycles. The van der Waals surface area contributed by atoms with Gasteiger partial charge in [0.25, 0.3) is 0 Å². The van der Waals surface area contributed by atoms with Gasteiger partial charge in [0.05, 0.1) is 5.54 Å². The molecule has 0 aromatic carbocycles. The second-order valence-corrected chi connectivity index (χ2v) is 4.71. The molecule has 0 amide bonds. The first-order valence-electron chi connectivity index (χ1n) is 6.14. The lowest BCUT2D eigenvalue weighted by Crippen LogP contribution is -2.43. The van der Waals surface area contributed by atoms with E-state index in [1.165, 1.54) is 12.8 Å². The fraction of sp³-hybridized carbons (Fsp3) is 0.500. The van der Waals surface area contributed by atoms with Gasteiger partial charge in [0.2, 0.25) is 17.5 Å². The Morgan fingerprint density at radius 3 is 2.78 bits per heavy atom. The Kier molecular flexibility index (Phi) is 2.79. The van der Waals surface area contributed by atoms with Crippen molar-refractivity contribution < 1.29 is 4.52 Å². The highest BCUT2D eigenvalue weighted by Crippen LogP contribution is 2.29. The van der Waals surface area contributed by atoms with E-state index in [4.69, 9.17) is 4.52 Å². The number of nitrogens with zero attached hydrogens (tertiary/aromatic N) is 4. The first-order valence-corrected chi connectivity index (χ1v) is 6.14. The molecule has 18 heavy (non-hydrogen) atoms. The van der Waals surface area contributed by atoms with E-state index in [1.807, 2.05) is 0 Å². The molecule has 6 nitrogen and oxygen atoms in total. The van der Waals surface area contributed by atoms with Gasteiger partial charge in [-0.1, -0.05) is 5.16 Å². The summed E-state index contributed by atoms with van der Waals surface area (Å²) in [5.74, 6) is 1.55. The predicted octanol–water partition coefficient (Wildman–Crippen LogP) is 1.52. The van der Waals surface area contributed by atoms with Crippen molar-refractivity contribution in [2.75, 3.05) is 6.54 Å². The molecular weight excluding hydrogens is 230 g/mol. The minimum atomic E-state index is -0.224. The van der Waals surface area contributed by atoms with Gasteiger partial charge in [0.1, 0.15) is 0 Å². The number of rotatable bonds is 2. The molecule has 3 heterocycles. The molecule has 94 valence electrons. The average molecular weight is 245 g/mol. The Morgan fingerprint density at radius 1 is 1.22 bits per heavy atom. The smallest absolute Gasteiger partial charge is 0.247 e. The number of hydrogen-bond donors (Lipinski definition) is 1. The van der Waals surface area contributed by atoms with Gasteiger partial charge in [-0.15, -0.1) is 0 Å². The van der Waals surface area contributed by atoms with E-state index >= 15 is 0 Å². The second-order valence-electron chi connectivity index (χ2n) is 4.71. The zero-order valence-corrected chi connectivity index (χ0v) is 10.3. The highest BCUT2D eigenvalue weighted by molar-refractivity contribution is 5.40. The molecule has 1 atom stereocenters. The molecule has 0 spiro atoms. The molecule has 0 bridgehead atoms. The van der Waals surface area contributed by atoms with Crippen LogP contribution >= 0.6 is 0 Å². The van der Waals surface area contributed by atoms with Crippen molar-refractivity contribution in [1.82, 2.24) is 25.4 Å². The quantitative estimate of drug-likeness (QED) is 0.864. The van der Waals surface area contributed by atoms with Gasteiger partial charge in [-0.3, -0.25) is 0 Å². The molecule has 3 rings (SSSR count). The minimum Gasteiger partial charge on any atom is -0.337 e. The number of hydrogen-bond acceptors (Lipinski definition) is 6. The van der Waals surface area contributed by atoms with Gasteiger partial charge in [-0.05, 0) is 38.8 Å². The fourth-order valence-corrected chi connectivity index (χ4v) is 2.19. The lowest BCUT2D eigenvalue weighted by atomic mass is 9.91. The van der Waals surface area contributed by atoms with Crippen molar-refractivity contribution in [3.63, 3.8) is 0 Å². The van der Waals surface area contributed by atoms with E-state index in [-0.39, 0.29) is 5.54 Å². The third-order valence-electron chi connectivity index (χ3n) is 3.28. The van der Waals surface area contributed by atoms with Crippen LogP contribution in [0.4, 0.5) is 0 Å². The zero-order chi connectivity index (χ0) is 12.4. The highest BCUT2D eigenvalue weighted by Gasteiger charge is 2.34. The lowest BCUT2D eigenvalue weighted by Gasteiger charge is -2.31. The second kappa shape index (κ2) is 4.45. The van der Waals surface area contributed by atoms with Crippen LogP contribution in [0.3, 0.4) is 0 Å². The Morgan fingerprint density at radius 2 is 2.06 bits per heavy atom. The van der Waals surface area contributed by atoms with Crippen LogP contribution in [0.2, 0.25) is 0 Å². The van der Waals surface area contributed by atoms with Crippen LogP contribution in [-0.4, -0.2) is 26.7 Å². The molecule has 1 fully saturated rings. The standard InChI is InChI=1S/C12H15N5O/c1-12(5-2-3-8-15-12)11-16-10(17-18-11)9-13-6-4-7-14-9/h4,6-7,15H,2-3,5,8H2,1H3. The molecule has 1 aliphatic rings. The molecule has 1 saturated heterocycles. The fourth-order valence-electron chi connectivity index (χ4n) is 2.19. The maximum Gasteiger partial charge on any atom is 0.247 e. The van der Waals surface area contributed by atoms with E-state index in [0.717, 1.165) is 13.0 Å². The number of nitrogens with one attached hydrogen (secondary N) is 1. The maximum atomic E-state index is 5.36. The Hall–Kier alpha value is -1.82. The van der Waals surface area contributed by atoms with E-state index in [1.54, 1.807) is 18.5 Å². The molecule has 1 N–H and O–H groups in total. The normalized spacial score (nSPS) is 24.1. The van der Waals surface area contributed by atoms with Crippen LogP contribution in [0.25, 0.3) is 11.6 Å². The Bertz CT molecular complexity index is 518. The van der Waals surface area contributed by atoms with Crippen molar-refractivity contribution in [2.45, 2.75) is 31.7 Å². The van der Waals surface area contributed by atoms with Gasteiger partial charge in [-0.25, -0.2) is 9.97 Å². The van der Waals surface area contributed by atoms with E-state index in [2.05, 4.69) is 32.3 Å². The summed E-state index contributed by atoms with van der Waals surface area (Å²) in [5, 5.41) is 7.40. The van der Waals surface area contributed by atoms with Crippen molar-refractivity contribution in [3.8, 4) is 11.6 Å². The van der Waals surface area contributed by atoms with Crippen molar-refractivity contribution in [2.24, 2.45) is 0 Å². The third kappa shape index (κ3) is 1.99. The predicted molar refractivity (Wildman–Crippen MR) is 64.5 cm³/mol. The molecule has 2 aromatic heterocycles. The van der Waals surface area contributed by atoms with Crippen molar-refractivity contribution >= 4 is 0 Å². The van der Waals surface area contributed by atoms with Crippen LogP contribution in [0.5, 0.6) is 0 Å². The topological polar surface area (TPSA) is 76.7 Å². The summed E-state index contributed by atoms with van der Waals surface area (Å²) in [6, 6.07) is 1.76. The van der Waals surface area contributed by atoms with Gasteiger partial charge in [-0.2, -0.15) is 4.98 Å². The number of aromatic nitrogens is 4. The summed E-state index contributed by atoms with van der Waals surface area (Å²) in [5.41, 5.74) is -0.224. The van der Waals surface area contributed by atoms with Crippen LogP contribution < -0.4 is 5.32 Å². The van der Waals surface area contributed by atoms with E-state index in [9.17, 15) is 0 Å². The molecule has 1 unspecified atom stereocenters. The highest BCUT2D eigenvalue weighted by atomic mass is 16.5. The van der Waals surface area contributed by atoms with E-state index < -0.39 is 0 Å². The van der Waals surface area contributed by atoms with Gasteiger partial charge in [0, 0.05) is 12.4 Å². The summed E-state index contributed by atoms with van der Waals surface area (Å²) in [4.78, 5) is 12.6. The van der Waals surface area contributed by atoms with Gasteiger partial charge in [0.15, 0.2) is 0 Å². The molecule has 2 aromatic rings. The van der Waals surface area contributed by atoms with Crippen molar-refractivity contribution in [1.29, 1.82) is 0 Å². The van der Waals surface area contributed by atoms with Crippen molar-refractivity contribution in [3.05, 3.63) is 24.4 Å². The summed E-state index contributed by atoms with van der Waals surface area (Å²) >= 11 is 0. The monoisotopic (exact) mass is 245 g/mol. The maximum absolute atomic E-state index is 5.36. The number of piperidine rings is 1. The first-order chi connectivity index (χ1) is 8.78. The van der Waals surface area contributed by atoms with E-state index in [0.29, 0.717) is 17.5 Å². The third-order valence-corrected chi connectivity index (χ3v) is 3.28. The Balaban J connectivity index is 1.89. The summed E-state index contributed by atoms with van der Waals surface area (Å²) in [6.07, 6.45) is 6.70. The molecule has 1 aliphatic heterocycles. The zero-order valence-electron chi connectivity index (χ0n) is 10.3. The molecule has 0 radical (unpaired) electrons. The molecule has 6 heteroatoms. The largest absolute Gasteiger partial charge is 0.337 e. The molecular formula is C12H15N5O. The SMILES string of the molecule is CC1(c2nc(-c3ncccn3)no2)CCCCN1.